The van der Waals surface area contributed by atoms with E-state index in [-0.39, 0.29) is 20.7 Å². The molecule has 0 saturated carbocycles. The molecule has 2 rings (SSSR count). The maximum atomic E-state index is 13.3. The Morgan fingerprint density at radius 1 is 1.36 bits per heavy atom. The fraction of sp³-hybridized carbons (Fsp3) is 0.111. The summed E-state index contributed by atoms with van der Waals surface area (Å²) >= 11 is 6.56. The number of hydrogen-bond acceptors (Lipinski definition) is 1. The van der Waals surface area contributed by atoms with Crippen LogP contribution in [0, 0.1) is 5.82 Å². The minimum absolute atomic E-state index is 0.188. The molecule has 0 unspecified atom stereocenters. The lowest BCUT2D eigenvalue weighted by atomic mass is 10.1. The van der Waals surface area contributed by atoms with Crippen molar-refractivity contribution in [1.82, 2.24) is 0 Å². The normalized spacial score (nSPS) is 11.5. The summed E-state index contributed by atoms with van der Waals surface area (Å²) in [6.07, 6.45) is -2.63. The van der Waals surface area contributed by atoms with Gasteiger partial charge >= 0.3 is 0 Å². The molecular weight excluding hydrogens is 233 g/mol. The molecule has 0 fully saturated rings. The lowest BCUT2D eigenvalue weighted by molar-refractivity contribution is 0.153. The minimum atomic E-state index is -2.63. The summed E-state index contributed by atoms with van der Waals surface area (Å²) in [7, 11) is 0. The van der Waals surface area contributed by atoms with Gasteiger partial charge in [0, 0.05) is 10.9 Å². The first-order valence-electron chi connectivity index (χ1n) is 3.74. The molecule has 0 saturated heterocycles. The second kappa shape index (κ2) is 3.44. The molecule has 0 amide bonds. The van der Waals surface area contributed by atoms with Crippen LogP contribution in [0.1, 0.15) is 12.0 Å². The second-order valence-electron chi connectivity index (χ2n) is 2.73. The summed E-state index contributed by atoms with van der Waals surface area (Å²) < 4.78 is 38.5. The van der Waals surface area contributed by atoms with Crippen molar-refractivity contribution in [3.05, 3.63) is 33.9 Å². The Balaban J connectivity index is 2.84. The fourth-order valence-electron chi connectivity index (χ4n) is 1.27. The number of alkyl halides is 2. The van der Waals surface area contributed by atoms with Crippen molar-refractivity contribution in [3.63, 3.8) is 0 Å². The van der Waals surface area contributed by atoms with Crippen molar-refractivity contribution >= 4 is 33.0 Å². The molecular formula is C9H4ClF3S. The van der Waals surface area contributed by atoms with Crippen molar-refractivity contribution in [1.29, 1.82) is 0 Å². The first kappa shape index (κ1) is 9.80. The van der Waals surface area contributed by atoms with Crippen LogP contribution < -0.4 is 0 Å². The van der Waals surface area contributed by atoms with Crippen LogP contribution in [0.5, 0.6) is 0 Å². The van der Waals surface area contributed by atoms with Crippen LogP contribution in [-0.4, -0.2) is 0 Å². The maximum Gasteiger partial charge on any atom is 0.264 e. The molecule has 0 bridgehead atoms. The van der Waals surface area contributed by atoms with E-state index in [0.717, 1.165) is 17.4 Å². The average molecular weight is 237 g/mol. The first-order chi connectivity index (χ1) is 6.61. The van der Waals surface area contributed by atoms with E-state index >= 15 is 0 Å². The highest BCUT2D eigenvalue weighted by Gasteiger charge is 2.17. The summed E-state index contributed by atoms with van der Waals surface area (Å²) in [6.45, 7) is 0. The van der Waals surface area contributed by atoms with E-state index in [1.165, 1.54) is 6.07 Å². The molecule has 0 atom stereocenters. The molecule has 14 heavy (non-hydrogen) atoms. The smallest absolute Gasteiger partial charge is 0.205 e. The Morgan fingerprint density at radius 2 is 2.07 bits per heavy atom. The number of hydrogen-bond donors (Lipinski definition) is 0. The summed E-state index contributed by atoms with van der Waals surface area (Å²) in [5.41, 5.74) is -0.215. The molecule has 0 aliphatic carbocycles. The summed E-state index contributed by atoms with van der Waals surface area (Å²) in [6, 6.07) is 2.46. The molecule has 0 radical (unpaired) electrons. The van der Waals surface area contributed by atoms with Gasteiger partial charge in [-0.05, 0) is 17.5 Å². The highest BCUT2D eigenvalue weighted by molar-refractivity contribution is 7.17. The van der Waals surface area contributed by atoms with Crippen molar-refractivity contribution in [3.8, 4) is 0 Å². The minimum Gasteiger partial charge on any atom is -0.205 e. The van der Waals surface area contributed by atoms with Gasteiger partial charge in [-0.25, -0.2) is 13.2 Å². The first-order valence-corrected chi connectivity index (χ1v) is 5.00. The van der Waals surface area contributed by atoms with Gasteiger partial charge in [0.2, 0.25) is 0 Å². The van der Waals surface area contributed by atoms with E-state index in [4.69, 9.17) is 11.6 Å². The quantitative estimate of drug-likeness (QED) is 0.677. The molecule has 1 heterocycles. The zero-order valence-electron chi connectivity index (χ0n) is 6.73. The van der Waals surface area contributed by atoms with E-state index in [0.29, 0.717) is 0 Å². The number of benzene rings is 1. The Bertz CT molecular complexity index is 478. The lowest BCUT2D eigenvalue weighted by Gasteiger charge is -2.03. The largest absolute Gasteiger partial charge is 0.264 e. The molecule has 0 aliphatic rings. The van der Waals surface area contributed by atoms with E-state index in [9.17, 15) is 13.2 Å². The van der Waals surface area contributed by atoms with Gasteiger partial charge in [-0.2, -0.15) is 0 Å². The van der Waals surface area contributed by atoms with Crippen LogP contribution in [0.25, 0.3) is 10.1 Å². The highest BCUT2D eigenvalue weighted by atomic mass is 35.5. The van der Waals surface area contributed by atoms with Crippen molar-refractivity contribution in [2.24, 2.45) is 0 Å². The molecule has 2 aromatic rings. The third-order valence-electron chi connectivity index (χ3n) is 1.90. The molecule has 1 aromatic heterocycles. The topological polar surface area (TPSA) is 0 Å². The Morgan fingerprint density at radius 3 is 2.71 bits per heavy atom. The van der Waals surface area contributed by atoms with Gasteiger partial charge in [0.15, 0.2) is 5.82 Å². The predicted octanol–water partition coefficient (Wildman–Crippen LogP) is 4.63. The van der Waals surface area contributed by atoms with Crippen LogP contribution >= 0.6 is 22.9 Å². The lowest BCUT2D eigenvalue weighted by Crippen LogP contribution is -1.88. The second-order valence-corrected chi connectivity index (χ2v) is 4.05. The zero-order chi connectivity index (χ0) is 10.3. The van der Waals surface area contributed by atoms with Crippen LogP contribution in [0.15, 0.2) is 17.5 Å². The van der Waals surface area contributed by atoms with Gasteiger partial charge in [0.1, 0.15) is 0 Å². The molecule has 0 N–H and O–H groups in total. The van der Waals surface area contributed by atoms with Crippen LogP contribution in [0.2, 0.25) is 5.02 Å². The third-order valence-corrected chi connectivity index (χ3v) is 3.08. The standard InChI is InChI=1S/C9H4ClF3S/c10-6-3-5(9(12)13)4-1-2-14-8(4)7(6)11/h1-3,9H. The number of halogens is 4. The van der Waals surface area contributed by atoms with E-state index < -0.39 is 12.2 Å². The van der Waals surface area contributed by atoms with Crippen LogP contribution in [-0.2, 0) is 0 Å². The summed E-state index contributed by atoms with van der Waals surface area (Å²) in [5, 5.41) is 1.55. The monoisotopic (exact) mass is 236 g/mol. The van der Waals surface area contributed by atoms with E-state index in [1.807, 2.05) is 0 Å². The van der Waals surface area contributed by atoms with E-state index in [2.05, 4.69) is 0 Å². The summed E-state index contributed by atoms with van der Waals surface area (Å²) in [4.78, 5) is 0. The number of rotatable bonds is 1. The Hall–Kier alpha value is -0.740. The number of fused-ring (bicyclic) bond motifs is 1. The molecule has 1 aromatic carbocycles. The molecule has 5 heteroatoms. The van der Waals surface area contributed by atoms with Gasteiger partial charge in [-0.15, -0.1) is 11.3 Å². The van der Waals surface area contributed by atoms with Crippen molar-refractivity contribution < 1.29 is 13.2 Å². The maximum absolute atomic E-state index is 13.3. The Kier molecular flexibility index (Phi) is 2.41. The van der Waals surface area contributed by atoms with Crippen LogP contribution in [0.3, 0.4) is 0 Å². The predicted molar refractivity (Wildman–Crippen MR) is 51.8 cm³/mol. The third kappa shape index (κ3) is 1.38. The van der Waals surface area contributed by atoms with Gasteiger partial charge in [0.25, 0.3) is 6.43 Å². The van der Waals surface area contributed by atoms with Gasteiger partial charge in [0.05, 0.1) is 9.72 Å². The molecule has 0 aliphatic heterocycles. The van der Waals surface area contributed by atoms with Gasteiger partial charge < -0.3 is 0 Å². The SMILES string of the molecule is Fc1c(Cl)cc(C(F)F)c2ccsc12. The van der Waals surface area contributed by atoms with Crippen molar-refractivity contribution in [2.75, 3.05) is 0 Å². The highest BCUT2D eigenvalue weighted by Crippen LogP contribution is 2.36. The van der Waals surface area contributed by atoms with Gasteiger partial charge in [-0.1, -0.05) is 11.6 Å². The zero-order valence-corrected chi connectivity index (χ0v) is 8.30. The van der Waals surface area contributed by atoms with Gasteiger partial charge in [-0.3, -0.25) is 0 Å². The molecule has 74 valence electrons. The Labute approximate surface area is 86.9 Å². The summed E-state index contributed by atoms with van der Waals surface area (Å²) in [5.74, 6) is -0.624. The van der Waals surface area contributed by atoms with E-state index in [1.54, 1.807) is 5.38 Å². The molecule has 0 spiro atoms. The van der Waals surface area contributed by atoms with Crippen LogP contribution in [0.4, 0.5) is 13.2 Å². The fourth-order valence-corrected chi connectivity index (χ4v) is 2.41. The van der Waals surface area contributed by atoms with Crippen molar-refractivity contribution in [2.45, 2.75) is 6.43 Å². The average Bonchev–Trinajstić information content (AvgIpc) is 2.59. The molecule has 0 nitrogen and oxygen atoms in total. The number of thiophene rings is 1.